The van der Waals surface area contributed by atoms with E-state index in [1.54, 1.807) is 24.1 Å². The Morgan fingerprint density at radius 2 is 1.87 bits per heavy atom. The summed E-state index contributed by atoms with van der Waals surface area (Å²) in [6.07, 6.45) is 3.62. The van der Waals surface area contributed by atoms with Crippen LogP contribution in [-0.4, -0.2) is 80.8 Å². The van der Waals surface area contributed by atoms with Crippen LogP contribution in [0.15, 0.2) is 24.3 Å². The van der Waals surface area contributed by atoms with E-state index in [0.29, 0.717) is 11.6 Å². The van der Waals surface area contributed by atoms with E-state index in [0.717, 1.165) is 51.3 Å². The SMILES string of the molecule is CN1C(=O)COC(C(=O)NCC2(CN3CCCC3)CCOCC2)C1c1ccc(Cl)cc1. The number of hydrogen-bond donors (Lipinski definition) is 1. The number of carbonyl (C=O) groups excluding carboxylic acids is 2. The molecule has 3 fully saturated rings. The van der Waals surface area contributed by atoms with Gasteiger partial charge in [-0.2, -0.15) is 0 Å². The van der Waals surface area contributed by atoms with Crippen LogP contribution in [-0.2, 0) is 19.1 Å². The highest BCUT2D eigenvalue weighted by molar-refractivity contribution is 6.30. The molecule has 4 rings (SSSR count). The highest BCUT2D eigenvalue weighted by Gasteiger charge is 2.41. The number of hydrogen-bond acceptors (Lipinski definition) is 5. The summed E-state index contributed by atoms with van der Waals surface area (Å²) in [5.41, 5.74) is 0.850. The lowest BCUT2D eigenvalue weighted by Crippen LogP contribution is -2.55. The quantitative estimate of drug-likeness (QED) is 0.721. The largest absolute Gasteiger partial charge is 0.381 e. The van der Waals surface area contributed by atoms with Gasteiger partial charge < -0.3 is 24.6 Å². The molecule has 1 aromatic rings. The second-order valence-corrected chi connectivity index (χ2v) is 9.48. The molecule has 3 saturated heterocycles. The minimum absolute atomic E-state index is 0.0183. The Balaban J connectivity index is 1.47. The van der Waals surface area contributed by atoms with E-state index in [9.17, 15) is 9.59 Å². The van der Waals surface area contributed by atoms with Gasteiger partial charge in [-0.15, -0.1) is 0 Å². The molecule has 2 atom stereocenters. The first-order valence-electron chi connectivity index (χ1n) is 11.2. The summed E-state index contributed by atoms with van der Waals surface area (Å²) in [7, 11) is 1.72. The predicted molar refractivity (Wildman–Crippen MR) is 118 cm³/mol. The molecule has 0 radical (unpaired) electrons. The average molecular weight is 450 g/mol. The number of nitrogens with one attached hydrogen (secondary N) is 1. The van der Waals surface area contributed by atoms with Crippen molar-refractivity contribution in [3.8, 4) is 0 Å². The van der Waals surface area contributed by atoms with Crippen LogP contribution in [0.2, 0.25) is 5.02 Å². The molecule has 0 saturated carbocycles. The van der Waals surface area contributed by atoms with Crippen molar-refractivity contribution in [1.82, 2.24) is 15.1 Å². The van der Waals surface area contributed by atoms with Crippen molar-refractivity contribution in [3.63, 3.8) is 0 Å². The Kier molecular flexibility index (Phi) is 7.16. The van der Waals surface area contributed by atoms with E-state index < -0.39 is 12.1 Å². The minimum Gasteiger partial charge on any atom is -0.381 e. The molecular formula is C23H32ClN3O4. The van der Waals surface area contributed by atoms with Crippen LogP contribution in [0.3, 0.4) is 0 Å². The number of nitrogens with zero attached hydrogens (tertiary/aromatic N) is 2. The lowest BCUT2D eigenvalue weighted by atomic mass is 9.79. The Hall–Kier alpha value is -1.67. The standard InChI is InChI=1S/C23H32ClN3O4/c1-26-19(28)14-31-21(20(26)17-4-6-18(24)7-5-17)22(29)25-15-23(8-12-30-13-9-23)16-27-10-2-3-11-27/h4-7,20-21H,2-3,8-16H2,1H3,(H,25,29). The van der Waals surface area contributed by atoms with Crippen LogP contribution >= 0.6 is 11.6 Å². The van der Waals surface area contributed by atoms with E-state index >= 15 is 0 Å². The second-order valence-electron chi connectivity index (χ2n) is 9.05. The molecule has 0 bridgehead atoms. The van der Waals surface area contributed by atoms with Gasteiger partial charge in [-0.1, -0.05) is 23.7 Å². The molecule has 8 heteroatoms. The zero-order valence-electron chi connectivity index (χ0n) is 18.1. The van der Waals surface area contributed by atoms with Crippen LogP contribution in [0, 0.1) is 5.41 Å². The first-order valence-corrected chi connectivity index (χ1v) is 11.6. The van der Waals surface area contributed by atoms with E-state index in [1.165, 1.54) is 12.8 Å². The molecular weight excluding hydrogens is 418 g/mol. The third-order valence-corrected chi connectivity index (χ3v) is 7.15. The molecule has 170 valence electrons. The van der Waals surface area contributed by atoms with Gasteiger partial charge in [0.15, 0.2) is 6.10 Å². The summed E-state index contributed by atoms with van der Waals surface area (Å²) >= 11 is 6.03. The number of halogens is 1. The zero-order valence-corrected chi connectivity index (χ0v) is 18.9. The van der Waals surface area contributed by atoms with E-state index in [4.69, 9.17) is 21.1 Å². The van der Waals surface area contributed by atoms with Crippen molar-refractivity contribution in [3.05, 3.63) is 34.9 Å². The normalized spacial score (nSPS) is 26.8. The highest BCUT2D eigenvalue weighted by Crippen LogP contribution is 2.33. The Morgan fingerprint density at radius 1 is 1.19 bits per heavy atom. The van der Waals surface area contributed by atoms with Crippen molar-refractivity contribution < 1.29 is 19.1 Å². The van der Waals surface area contributed by atoms with Crippen LogP contribution in [0.1, 0.15) is 37.3 Å². The summed E-state index contributed by atoms with van der Waals surface area (Å²) in [5.74, 6) is -0.314. The monoisotopic (exact) mass is 449 g/mol. The topological polar surface area (TPSA) is 71.1 Å². The molecule has 3 heterocycles. The van der Waals surface area contributed by atoms with Gasteiger partial charge in [-0.25, -0.2) is 0 Å². The molecule has 1 aromatic carbocycles. The van der Waals surface area contributed by atoms with Crippen LogP contribution in [0.4, 0.5) is 0 Å². The average Bonchev–Trinajstić information content (AvgIpc) is 3.28. The molecule has 0 aromatic heterocycles. The Labute approximate surface area is 189 Å². The van der Waals surface area contributed by atoms with Crippen LogP contribution in [0.5, 0.6) is 0 Å². The summed E-state index contributed by atoms with van der Waals surface area (Å²) in [6.45, 7) is 5.22. The van der Waals surface area contributed by atoms with Crippen molar-refractivity contribution in [1.29, 1.82) is 0 Å². The summed E-state index contributed by atoms with van der Waals surface area (Å²) < 4.78 is 11.4. The van der Waals surface area contributed by atoms with Gasteiger partial charge in [-0.3, -0.25) is 9.59 Å². The summed E-state index contributed by atoms with van der Waals surface area (Å²) in [4.78, 5) is 29.7. The second kappa shape index (κ2) is 9.86. The maximum absolute atomic E-state index is 13.3. The van der Waals surface area contributed by atoms with Crippen LogP contribution in [0.25, 0.3) is 0 Å². The highest BCUT2D eigenvalue weighted by atomic mass is 35.5. The first-order chi connectivity index (χ1) is 15.0. The number of benzene rings is 1. The fourth-order valence-corrected chi connectivity index (χ4v) is 5.10. The molecule has 0 spiro atoms. The first kappa shape index (κ1) is 22.5. The third kappa shape index (κ3) is 5.22. The molecule has 31 heavy (non-hydrogen) atoms. The molecule has 3 aliphatic heterocycles. The number of rotatable bonds is 6. The molecule has 1 N–H and O–H groups in total. The van der Waals surface area contributed by atoms with Gasteiger partial charge in [0, 0.05) is 43.8 Å². The molecule has 7 nitrogen and oxygen atoms in total. The Bertz CT molecular complexity index is 776. The van der Waals surface area contributed by atoms with Gasteiger partial charge in [0.1, 0.15) is 6.61 Å². The van der Waals surface area contributed by atoms with E-state index in [2.05, 4.69) is 10.2 Å². The smallest absolute Gasteiger partial charge is 0.251 e. The van der Waals surface area contributed by atoms with Gasteiger partial charge in [0.05, 0.1) is 6.04 Å². The predicted octanol–water partition coefficient (Wildman–Crippen LogP) is 2.25. The van der Waals surface area contributed by atoms with E-state index in [-0.39, 0.29) is 23.8 Å². The van der Waals surface area contributed by atoms with Gasteiger partial charge >= 0.3 is 0 Å². The van der Waals surface area contributed by atoms with Crippen molar-refractivity contribution >= 4 is 23.4 Å². The number of amides is 2. The third-order valence-electron chi connectivity index (χ3n) is 6.90. The molecule has 0 aliphatic carbocycles. The summed E-state index contributed by atoms with van der Waals surface area (Å²) in [6, 6.07) is 6.75. The van der Waals surface area contributed by atoms with Crippen molar-refractivity contribution in [2.45, 2.75) is 37.8 Å². The fraction of sp³-hybridized carbons (Fsp3) is 0.652. The van der Waals surface area contributed by atoms with Gasteiger partial charge in [0.2, 0.25) is 5.91 Å². The molecule has 3 aliphatic rings. The number of likely N-dealkylation sites (N-methyl/N-ethyl adjacent to an activating group) is 1. The van der Waals surface area contributed by atoms with Gasteiger partial charge in [0.25, 0.3) is 5.91 Å². The molecule has 2 amide bonds. The minimum atomic E-state index is -0.757. The summed E-state index contributed by atoms with van der Waals surface area (Å²) in [5, 5.41) is 3.78. The maximum Gasteiger partial charge on any atom is 0.251 e. The van der Waals surface area contributed by atoms with Gasteiger partial charge in [-0.05, 0) is 56.5 Å². The lowest BCUT2D eigenvalue weighted by molar-refractivity contribution is -0.162. The number of carbonyl (C=O) groups is 2. The van der Waals surface area contributed by atoms with E-state index in [1.807, 2.05) is 12.1 Å². The zero-order chi connectivity index (χ0) is 21.8. The van der Waals surface area contributed by atoms with Crippen molar-refractivity contribution in [2.75, 3.05) is 53.0 Å². The number of likely N-dealkylation sites (tertiary alicyclic amines) is 1. The number of ether oxygens (including phenoxy) is 2. The Morgan fingerprint density at radius 3 is 2.55 bits per heavy atom. The lowest BCUT2D eigenvalue weighted by Gasteiger charge is -2.42. The van der Waals surface area contributed by atoms with Crippen molar-refractivity contribution in [2.24, 2.45) is 5.41 Å². The van der Waals surface area contributed by atoms with Crippen LogP contribution < -0.4 is 5.32 Å². The molecule has 2 unspecified atom stereocenters. The maximum atomic E-state index is 13.3. The fourth-order valence-electron chi connectivity index (χ4n) is 4.98. The number of morpholine rings is 1.